The standard InChI is InChI=1S/C13H22N2O4/c1-2-19-13(18)14-8-5-3-4-6-12(17)15-9-7-11(16)10-15/h2,11,16H,1,3-10H2,(H,14,18)/t11-/m1/s1. The van der Waals surface area contributed by atoms with E-state index in [-0.39, 0.29) is 12.0 Å². The number of hydrogen-bond acceptors (Lipinski definition) is 4. The van der Waals surface area contributed by atoms with Crippen molar-refractivity contribution < 1.29 is 19.4 Å². The van der Waals surface area contributed by atoms with Crippen LogP contribution < -0.4 is 5.32 Å². The van der Waals surface area contributed by atoms with E-state index in [2.05, 4.69) is 16.6 Å². The summed E-state index contributed by atoms with van der Waals surface area (Å²) in [5.74, 6) is 0.107. The van der Waals surface area contributed by atoms with Crippen LogP contribution in [0.2, 0.25) is 0 Å². The number of carbonyl (C=O) groups excluding carboxylic acids is 2. The van der Waals surface area contributed by atoms with Gasteiger partial charge in [-0.2, -0.15) is 0 Å². The van der Waals surface area contributed by atoms with Crippen LogP contribution in [0.4, 0.5) is 4.79 Å². The van der Waals surface area contributed by atoms with Crippen LogP contribution in [-0.2, 0) is 9.53 Å². The first-order valence-corrected chi connectivity index (χ1v) is 6.64. The van der Waals surface area contributed by atoms with Crippen molar-refractivity contribution in [2.45, 2.75) is 38.2 Å². The second-order valence-electron chi connectivity index (χ2n) is 4.59. The maximum absolute atomic E-state index is 11.7. The van der Waals surface area contributed by atoms with E-state index in [4.69, 9.17) is 0 Å². The summed E-state index contributed by atoms with van der Waals surface area (Å²) in [6.07, 6.45) is 3.88. The molecule has 0 aromatic heterocycles. The minimum atomic E-state index is -0.503. The quantitative estimate of drug-likeness (QED) is 0.534. The number of rotatable bonds is 7. The lowest BCUT2D eigenvalue weighted by molar-refractivity contribution is -0.130. The molecule has 2 amide bonds. The summed E-state index contributed by atoms with van der Waals surface area (Å²) in [5, 5.41) is 11.9. The zero-order valence-electron chi connectivity index (χ0n) is 11.1. The Bertz CT molecular complexity index is 320. The van der Waals surface area contributed by atoms with Crippen LogP contribution in [0.25, 0.3) is 0 Å². The number of nitrogens with one attached hydrogen (secondary N) is 1. The fourth-order valence-electron chi connectivity index (χ4n) is 2.01. The molecule has 0 saturated carbocycles. The Balaban J connectivity index is 1.97. The number of aliphatic hydroxyl groups is 1. The summed E-state index contributed by atoms with van der Waals surface area (Å²) in [6.45, 7) is 4.94. The highest BCUT2D eigenvalue weighted by atomic mass is 16.5. The third kappa shape index (κ3) is 6.24. The molecular weight excluding hydrogens is 248 g/mol. The molecule has 0 radical (unpaired) electrons. The number of carbonyl (C=O) groups is 2. The van der Waals surface area contributed by atoms with E-state index in [0.717, 1.165) is 25.5 Å². The lowest BCUT2D eigenvalue weighted by atomic mass is 10.2. The molecule has 6 heteroatoms. The van der Waals surface area contributed by atoms with E-state index in [1.165, 1.54) is 0 Å². The van der Waals surface area contributed by atoms with Crippen molar-refractivity contribution >= 4 is 12.0 Å². The number of ether oxygens (including phenoxy) is 1. The molecule has 1 rings (SSSR count). The molecule has 1 aliphatic heterocycles. The van der Waals surface area contributed by atoms with Gasteiger partial charge in [-0.1, -0.05) is 13.0 Å². The average molecular weight is 270 g/mol. The molecule has 1 atom stereocenters. The Morgan fingerprint density at radius 3 is 2.84 bits per heavy atom. The highest BCUT2D eigenvalue weighted by Crippen LogP contribution is 2.11. The van der Waals surface area contributed by atoms with Crippen LogP contribution in [0, 0.1) is 0 Å². The minimum absolute atomic E-state index is 0.107. The molecule has 108 valence electrons. The highest BCUT2D eigenvalue weighted by molar-refractivity contribution is 5.76. The Labute approximate surface area is 113 Å². The van der Waals surface area contributed by atoms with E-state index in [0.29, 0.717) is 32.5 Å². The normalized spacial score (nSPS) is 18.2. The van der Waals surface area contributed by atoms with Crippen molar-refractivity contribution in [1.82, 2.24) is 10.2 Å². The third-order valence-corrected chi connectivity index (χ3v) is 3.04. The van der Waals surface area contributed by atoms with E-state index in [1.54, 1.807) is 4.90 Å². The van der Waals surface area contributed by atoms with Gasteiger partial charge in [-0.15, -0.1) is 0 Å². The second kappa shape index (κ2) is 8.53. The molecule has 0 aromatic rings. The van der Waals surface area contributed by atoms with Gasteiger partial charge in [0.15, 0.2) is 0 Å². The van der Waals surface area contributed by atoms with Crippen LogP contribution >= 0.6 is 0 Å². The fourth-order valence-corrected chi connectivity index (χ4v) is 2.01. The minimum Gasteiger partial charge on any atom is -0.419 e. The smallest absolute Gasteiger partial charge is 0.411 e. The second-order valence-corrected chi connectivity index (χ2v) is 4.59. The van der Waals surface area contributed by atoms with Gasteiger partial charge >= 0.3 is 6.09 Å². The van der Waals surface area contributed by atoms with Gasteiger partial charge in [-0.25, -0.2) is 4.79 Å². The van der Waals surface area contributed by atoms with Crippen molar-refractivity contribution in [2.75, 3.05) is 19.6 Å². The van der Waals surface area contributed by atoms with Crippen molar-refractivity contribution in [1.29, 1.82) is 0 Å². The summed E-state index contributed by atoms with van der Waals surface area (Å²) in [7, 11) is 0. The van der Waals surface area contributed by atoms with Crippen LogP contribution in [0.5, 0.6) is 0 Å². The van der Waals surface area contributed by atoms with Gasteiger partial charge in [0.25, 0.3) is 0 Å². The number of alkyl carbamates (subject to hydrolysis) is 1. The van der Waals surface area contributed by atoms with E-state index in [9.17, 15) is 14.7 Å². The predicted octanol–water partition coefficient (Wildman–Crippen LogP) is 1.01. The van der Waals surface area contributed by atoms with Gasteiger partial charge in [-0.05, 0) is 19.3 Å². The molecule has 2 N–H and O–H groups in total. The van der Waals surface area contributed by atoms with Crippen LogP contribution in [0.15, 0.2) is 12.8 Å². The molecule has 1 aliphatic rings. The number of amides is 2. The van der Waals surface area contributed by atoms with Crippen LogP contribution in [0.3, 0.4) is 0 Å². The Morgan fingerprint density at radius 2 is 2.21 bits per heavy atom. The Hall–Kier alpha value is -1.56. The SMILES string of the molecule is C=COC(=O)NCCCCCC(=O)N1CC[C@@H](O)C1. The maximum Gasteiger partial charge on any atom is 0.411 e. The van der Waals surface area contributed by atoms with Gasteiger partial charge in [0.05, 0.1) is 12.4 Å². The van der Waals surface area contributed by atoms with Crippen LogP contribution in [0.1, 0.15) is 32.1 Å². The first-order valence-electron chi connectivity index (χ1n) is 6.64. The number of likely N-dealkylation sites (tertiary alicyclic amines) is 1. The molecule has 0 spiro atoms. The van der Waals surface area contributed by atoms with E-state index in [1.807, 2.05) is 0 Å². The molecule has 0 unspecified atom stereocenters. The first kappa shape index (κ1) is 15.5. The van der Waals surface area contributed by atoms with E-state index < -0.39 is 6.09 Å². The van der Waals surface area contributed by atoms with Gasteiger partial charge < -0.3 is 20.1 Å². The van der Waals surface area contributed by atoms with Crippen molar-refractivity contribution in [3.05, 3.63) is 12.8 Å². The molecule has 1 heterocycles. The number of nitrogens with zero attached hydrogens (tertiary/aromatic N) is 1. The number of unbranched alkanes of at least 4 members (excludes halogenated alkanes) is 2. The van der Waals surface area contributed by atoms with Gasteiger partial charge in [0.1, 0.15) is 0 Å². The first-order chi connectivity index (χ1) is 9.13. The van der Waals surface area contributed by atoms with Crippen molar-refractivity contribution in [3.8, 4) is 0 Å². The van der Waals surface area contributed by atoms with Crippen molar-refractivity contribution in [2.24, 2.45) is 0 Å². The molecule has 1 fully saturated rings. The largest absolute Gasteiger partial charge is 0.419 e. The van der Waals surface area contributed by atoms with Gasteiger partial charge in [0.2, 0.25) is 5.91 Å². The third-order valence-electron chi connectivity index (χ3n) is 3.04. The Morgan fingerprint density at radius 1 is 1.42 bits per heavy atom. The predicted molar refractivity (Wildman–Crippen MR) is 70.4 cm³/mol. The molecule has 0 aromatic carbocycles. The average Bonchev–Trinajstić information content (AvgIpc) is 2.80. The fraction of sp³-hybridized carbons (Fsp3) is 0.692. The molecule has 6 nitrogen and oxygen atoms in total. The lowest BCUT2D eigenvalue weighted by Crippen LogP contribution is -2.29. The highest BCUT2D eigenvalue weighted by Gasteiger charge is 2.23. The summed E-state index contributed by atoms with van der Waals surface area (Å²) >= 11 is 0. The van der Waals surface area contributed by atoms with Crippen molar-refractivity contribution in [3.63, 3.8) is 0 Å². The summed E-state index contributed by atoms with van der Waals surface area (Å²) in [5.41, 5.74) is 0. The van der Waals surface area contributed by atoms with Crippen LogP contribution in [-0.4, -0.2) is 47.7 Å². The zero-order chi connectivity index (χ0) is 14.1. The van der Waals surface area contributed by atoms with Gasteiger partial charge in [-0.3, -0.25) is 4.79 Å². The summed E-state index contributed by atoms with van der Waals surface area (Å²) in [4.78, 5) is 24.3. The molecule has 19 heavy (non-hydrogen) atoms. The molecular formula is C13H22N2O4. The molecule has 0 bridgehead atoms. The topological polar surface area (TPSA) is 78.9 Å². The Kier molecular flexibility index (Phi) is 6.95. The molecule has 0 aliphatic carbocycles. The maximum atomic E-state index is 11.7. The zero-order valence-corrected chi connectivity index (χ0v) is 11.1. The number of hydrogen-bond donors (Lipinski definition) is 2. The molecule has 1 saturated heterocycles. The van der Waals surface area contributed by atoms with E-state index >= 15 is 0 Å². The number of β-amino-alcohol motifs (C(OH)–C–C–N with tert-alkyl or cyclic N) is 1. The number of aliphatic hydroxyl groups excluding tert-OH is 1. The van der Waals surface area contributed by atoms with Gasteiger partial charge in [0, 0.05) is 26.1 Å². The monoisotopic (exact) mass is 270 g/mol. The lowest BCUT2D eigenvalue weighted by Gasteiger charge is -2.15. The summed E-state index contributed by atoms with van der Waals surface area (Å²) in [6, 6.07) is 0. The summed E-state index contributed by atoms with van der Waals surface area (Å²) < 4.78 is 4.49.